The number of amides is 2. The van der Waals surface area contributed by atoms with Crippen molar-refractivity contribution < 1.29 is 18.7 Å². The molecule has 27 heavy (non-hydrogen) atoms. The number of anilines is 2. The Balaban J connectivity index is 1.98. The Hall–Kier alpha value is -2.99. The highest BCUT2D eigenvalue weighted by atomic mass is 35.5. The maximum absolute atomic E-state index is 12.9. The van der Waals surface area contributed by atoms with E-state index >= 15 is 0 Å². The molecule has 1 atom stereocenters. The van der Waals surface area contributed by atoms with Crippen LogP contribution in [0.1, 0.15) is 24.4 Å². The summed E-state index contributed by atoms with van der Waals surface area (Å²) in [6.07, 6.45) is 0. The van der Waals surface area contributed by atoms with E-state index in [1.165, 1.54) is 0 Å². The number of furan rings is 1. The van der Waals surface area contributed by atoms with Crippen LogP contribution in [0.3, 0.4) is 0 Å². The normalized spacial score (nSPS) is 11.8. The second-order valence-electron chi connectivity index (χ2n) is 5.79. The monoisotopic (exact) mass is 386 g/mol. The Kier molecular flexibility index (Phi) is 5.66. The van der Waals surface area contributed by atoms with Gasteiger partial charge in [-0.2, -0.15) is 0 Å². The van der Waals surface area contributed by atoms with Gasteiger partial charge in [-0.3, -0.25) is 9.59 Å². The van der Waals surface area contributed by atoms with Crippen LogP contribution in [0.15, 0.2) is 52.9 Å². The zero-order chi connectivity index (χ0) is 19.4. The van der Waals surface area contributed by atoms with Gasteiger partial charge in [-0.05, 0) is 38.1 Å². The van der Waals surface area contributed by atoms with E-state index in [2.05, 4.69) is 10.6 Å². The first-order valence-corrected chi connectivity index (χ1v) is 8.94. The first-order chi connectivity index (χ1) is 13.0. The second-order valence-corrected chi connectivity index (χ2v) is 6.45. The van der Waals surface area contributed by atoms with Gasteiger partial charge in [0, 0.05) is 5.39 Å². The van der Waals surface area contributed by atoms with E-state index in [1.807, 2.05) is 13.0 Å². The molecule has 0 saturated carbocycles. The molecule has 1 heterocycles. The number of benzene rings is 2. The van der Waals surface area contributed by atoms with Crippen LogP contribution in [0.25, 0.3) is 11.0 Å². The molecular weight excluding hydrogens is 368 g/mol. The maximum atomic E-state index is 12.9. The number of rotatable bonds is 6. The number of nitrogens with one attached hydrogen (secondary N) is 2. The molecule has 2 aromatic carbocycles. The summed E-state index contributed by atoms with van der Waals surface area (Å²) in [5.41, 5.74) is 1.28. The molecule has 1 aromatic heterocycles. The molecule has 3 aromatic rings. The van der Waals surface area contributed by atoms with Gasteiger partial charge in [0.05, 0.1) is 12.3 Å². The summed E-state index contributed by atoms with van der Waals surface area (Å²) in [5.74, 6) is -0.388. The van der Waals surface area contributed by atoms with Gasteiger partial charge in [0.1, 0.15) is 22.4 Å². The van der Waals surface area contributed by atoms with Crippen LogP contribution in [0, 0.1) is 0 Å². The number of carbonyl (C=O) groups excluding carboxylic acids is 2. The third-order valence-corrected chi connectivity index (χ3v) is 4.04. The molecule has 0 bridgehead atoms. The number of alkyl halides is 1. The summed E-state index contributed by atoms with van der Waals surface area (Å²) in [6.45, 7) is 3.88. The second kappa shape index (κ2) is 8.14. The smallest absolute Gasteiger partial charge is 0.293 e. The van der Waals surface area contributed by atoms with Crippen molar-refractivity contribution in [3.63, 3.8) is 0 Å². The number of ether oxygens (including phenoxy) is 1. The number of halogens is 1. The van der Waals surface area contributed by atoms with Gasteiger partial charge >= 0.3 is 0 Å². The van der Waals surface area contributed by atoms with E-state index in [9.17, 15) is 9.59 Å². The molecule has 2 amide bonds. The van der Waals surface area contributed by atoms with Crippen molar-refractivity contribution in [2.75, 3.05) is 17.2 Å². The summed E-state index contributed by atoms with van der Waals surface area (Å²) in [4.78, 5) is 25.0. The molecule has 0 fully saturated rings. The summed E-state index contributed by atoms with van der Waals surface area (Å²) >= 11 is 5.85. The Labute approximate surface area is 161 Å². The number of hydrogen-bond acceptors (Lipinski definition) is 4. The highest BCUT2D eigenvalue weighted by Gasteiger charge is 2.24. The molecule has 0 saturated heterocycles. The Morgan fingerprint density at radius 2 is 1.81 bits per heavy atom. The van der Waals surface area contributed by atoms with E-state index < -0.39 is 17.2 Å². The molecule has 0 aliphatic heterocycles. The van der Waals surface area contributed by atoms with E-state index in [0.29, 0.717) is 29.0 Å². The predicted octanol–water partition coefficient (Wildman–Crippen LogP) is 4.65. The Morgan fingerprint density at radius 1 is 1.11 bits per heavy atom. The van der Waals surface area contributed by atoms with Gasteiger partial charge in [0.15, 0.2) is 0 Å². The summed E-state index contributed by atoms with van der Waals surface area (Å²) in [7, 11) is 0. The fourth-order valence-electron chi connectivity index (χ4n) is 2.58. The van der Waals surface area contributed by atoms with Gasteiger partial charge in [0.2, 0.25) is 11.7 Å². The highest BCUT2D eigenvalue weighted by molar-refractivity contribution is 6.33. The third-order valence-electron chi connectivity index (χ3n) is 3.85. The van der Waals surface area contributed by atoms with E-state index in [4.69, 9.17) is 20.8 Å². The Bertz CT molecular complexity index is 981. The van der Waals surface area contributed by atoms with E-state index in [-0.39, 0.29) is 11.4 Å². The predicted molar refractivity (Wildman–Crippen MR) is 106 cm³/mol. The molecular formula is C20H19ClN2O4. The van der Waals surface area contributed by atoms with Crippen molar-refractivity contribution in [3.05, 3.63) is 54.3 Å². The van der Waals surface area contributed by atoms with Crippen LogP contribution in [-0.2, 0) is 4.79 Å². The standard InChI is InChI=1S/C20H19ClN2O4/c1-3-26-16-11-7-5-9-14(16)22-20(25)18-17(23-19(24)12(2)21)13-8-4-6-10-15(13)27-18/h4-12H,3H2,1-2H3,(H,22,25)(H,23,24). The molecule has 3 rings (SSSR count). The van der Waals surface area contributed by atoms with Crippen molar-refractivity contribution in [2.45, 2.75) is 19.2 Å². The highest BCUT2D eigenvalue weighted by Crippen LogP contribution is 2.33. The van der Waals surface area contributed by atoms with E-state index in [1.54, 1.807) is 49.4 Å². The van der Waals surface area contributed by atoms with Crippen LogP contribution in [0.5, 0.6) is 5.75 Å². The third kappa shape index (κ3) is 4.06. The quantitative estimate of drug-likeness (QED) is 0.604. The van der Waals surface area contributed by atoms with Gasteiger partial charge in [0.25, 0.3) is 5.91 Å². The summed E-state index contributed by atoms with van der Waals surface area (Å²) in [5, 5.41) is 5.32. The molecule has 0 aliphatic carbocycles. The first-order valence-electron chi connectivity index (χ1n) is 8.51. The van der Waals surface area contributed by atoms with Crippen molar-refractivity contribution in [2.24, 2.45) is 0 Å². The largest absolute Gasteiger partial charge is 0.492 e. The lowest BCUT2D eigenvalue weighted by Crippen LogP contribution is -2.22. The minimum absolute atomic E-state index is 0.00633. The topological polar surface area (TPSA) is 80.6 Å². The molecule has 7 heteroatoms. The fraction of sp³-hybridized carbons (Fsp3) is 0.200. The number of para-hydroxylation sites is 3. The molecule has 0 aliphatic rings. The van der Waals surface area contributed by atoms with Crippen molar-refractivity contribution in [1.29, 1.82) is 0 Å². The number of carbonyl (C=O) groups is 2. The minimum atomic E-state index is -0.756. The van der Waals surface area contributed by atoms with Gasteiger partial charge in [-0.1, -0.05) is 24.3 Å². The first kappa shape index (κ1) is 18.8. The van der Waals surface area contributed by atoms with Crippen LogP contribution < -0.4 is 15.4 Å². The van der Waals surface area contributed by atoms with Crippen LogP contribution in [0.4, 0.5) is 11.4 Å². The van der Waals surface area contributed by atoms with Crippen molar-refractivity contribution in [3.8, 4) is 5.75 Å². The molecule has 6 nitrogen and oxygen atoms in total. The lowest BCUT2D eigenvalue weighted by Gasteiger charge is -2.11. The molecule has 0 radical (unpaired) electrons. The Morgan fingerprint density at radius 3 is 2.56 bits per heavy atom. The average molecular weight is 387 g/mol. The van der Waals surface area contributed by atoms with Crippen molar-refractivity contribution in [1.82, 2.24) is 0 Å². The van der Waals surface area contributed by atoms with Gasteiger partial charge < -0.3 is 19.8 Å². The minimum Gasteiger partial charge on any atom is -0.492 e. The summed E-state index contributed by atoms with van der Waals surface area (Å²) < 4.78 is 11.2. The SMILES string of the molecule is CCOc1ccccc1NC(=O)c1oc2ccccc2c1NC(=O)C(C)Cl. The lowest BCUT2D eigenvalue weighted by atomic mass is 10.2. The van der Waals surface area contributed by atoms with Crippen LogP contribution >= 0.6 is 11.6 Å². The zero-order valence-electron chi connectivity index (χ0n) is 14.9. The number of fused-ring (bicyclic) bond motifs is 1. The van der Waals surface area contributed by atoms with Crippen molar-refractivity contribution >= 4 is 45.8 Å². The maximum Gasteiger partial charge on any atom is 0.293 e. The number of hydrogen-bond donors (Lipinski definition) is 2. The molecule has 140 valence electrons. The summed E-state index contributed by atoms with van der Waals surface area (Å²) in [6, 6.07) is 14.2. The van der Waals surface area contributed by atoms with Gasteiger partial charge in [-0.15, -0.1) is 11.6 Å². The fourth-order valence-corrected chi connectivity index (χ4v) is 2.64. The molecule has 0 spiro atoms. The van der Waals surface area contributed by atoms with Crippen LogP contribution in [-0.4, -0.2) is 23.8 Å². The van der Waals surface area contributed by atoms with Gasteiger partial charge in [-0.25, -0.2) is 0 Å². The zero-order valence-corrected chi connectivity index (χ0v) is 15.7. The van der Waals surface area contributed by atoms with Crippen LogP contribution in [0.2, 0.25) is 0 Å². The molecule has 1 unspecified atom stereocenters. The average Bonchev–Trinajstić information content (AvgIpc) is 3.02. The van der Waals surface area contributed by atoms with E-state index in [0.717, 1.165) is 0 Å². The lowest BCUT2D eigenvalue weighted by molar-refractivity contribution is -0.115. The molecule has 2 N–H and O–H groups in total.